The van der Waals surface area contributed by atoms with Gasteiger partial charge in [0.05, 0.1) is 26.7 Å². The van der Waals surface area contributed by atoms with E-state index in [1.807, 2.05) is 6.92 Å². The summed E-state index contributed by atoms with van der Waals surface area (Å²) in [5.41, 5.74) is -0.0638. The first-order valence-corrected chi connectivity index (χ1v) is 6.58. The summed E-state index contributed by atoms with van der Waals surface area (Å²) in [6.07, 6.45) is 0. The monoisotopic (exact) mass is 295 g/mol. The third-order valence-corrected chi connectivity index (χ3v) is 4.04. The van der Waals surface area contributed by atoms with E-state index in [9.17, 15) is 4.79 Å². The van der Waals surface area contributed by atoms with Crippen LogP contribution >= 0.6 is 46.3 Å². The topological polar surface area (TPSA) is 22.0 Å². The molecule has 0 aliphatic heterocycles. The molecule has 6 heteroatoms. The summed E-state index contributed by atoms with van der Waals surface area (Å²) in [7, 11) is 0. The van der Waals surface area contributed by atoms with Crippen molar-refractivity contribution in [3.8, 4) is 0 Å². The minimum atomic E-state index is -0.0864. The van der Waals surface area contributed by atoms with Crippen LogP contribution in [0.25, 0.3) is 10.1 Å². The molecule has 1 unspecified atom stereocenters. The minimum Gasteiger partial charge on any atom is -0.268 e. The number of aromatic nitrogens is 1. The van der Waals surface area contributed by atoms with Gasteiger partial charge in [-0.25, -0.2) is 0 Å². The molecule has 0 fully saturated rings. The van der Waals surface area contributed by atoms with Gasteiger partial charge in [0.1, 0.15) is 0 Å². The fourth-order valence-electron chi connectivity index (χ4n) is 1.41. The Balaban J connectivity index is 2.64. The molecule has 0 radical (unpaired) electrons. The van der Waals surface area contributed by atoms with E-state index >= 15 is 0 Å². The molecule has 0 saturated heterocycles. The molecule has 1 aromatic heterocycles. The van der Waals surface area contributed by atoms with Crippen LogP contribution in [0.3, 0.4) is 0 Å². The summed E-state index contributed by atoms with van der Waals surface area (Å²) in [6.45, 7) is 2.34. The molecule has 0 aliphatic carbocycles. The maximum absolute atomic E-state index is 11.9. The molecule has 2 aromatic rings. The van der Waals surface area contributed by atoms with Gasteiger partial charge in [0, 0.05) is 5.38 Å². The number of hydrogen-bond acceptors (Lipinski definition) is 2. The standard InChI is InChI=1S/C10H8Cl3NOS/c1-5(11)4-14-10(15)6-2-7(12)8(13)3-9(6)16-14/h2-3,5H,4H2,1H3. The van der Waals surface area contributed by atoms with Crippen LogP contribution in [-0.2, 0) is 6.54 Å². The average Bonchev–Trinajstić information content (AvgIpc) is 2.45. The maximum Gasteiger partial charge on any atom is 0.268 e. The van der Waals surface area contributed by atoms with Crippen molar-refractivity contribution >= 4 is 56.4 Å². The Morgan fingerprint density at radius 3 is 2.62 bits per heavy atom. The molecule has 2 rings (SSSR count). The van der Waals surface area contributed by atoms with Gasteiger partial charge in [-0.15, -0.1) is 11.6 Å². The number of nitrogens with zero attached hydrogens (tertiary/aromatic N) is 1. The molecule has 2 nitrogen and oxygen atoms in total. The molecule has 0 N–H and O–H groups in total. The van der Waals surface area contributed by atoms with Crippen molar-refractivity contribution in [3.63, 3.8) is 0 Å². The van der Waals surface area contributed by atoms with Crippen molar-refractivity contribution in [1.82, 2.24) is 3.96 Å². The first-order valence-electron chi connectivity index (χ1n) is 4.62. The van der Waals surface area contributed by atoms with Crippen molar-refractivity contribution < 1.29 is 0 Å². The van der Waals surface area contributed by atoms with Crippen molar-refractivity contribution in [2.24, 2.45) is 0 Å². The van der Waals surface area contributed by atoms with Crippen molar-refractivity contribution in [3.05, 3.63) is 32.5 Å². The van der Waals surface area contributed by atoms with Crippen LogP contribution in [0, 0.1) is 0 Å². The van der Waals surface area contributed by atoms with Gasteiger partial charge in [-0.3, -0.25) is 8.75 Å². The quantitative estimate of drug-likeness (QED) is 0.768. The highest BCUT2D eigenvalue weighted by molar-refractivity contribution is 7.13. The van der Waals surface area contributed by atoms with E-state index in [4.69, 9.17) is 34.8 Å². The van der Waals surface area contributed by atoms with E-state index in [0.717, 1.165) is 4.70 Å². The molecule has 1 atom stereocenters. The number of hydrogen-bond donors (Lipinski definition) is 0. The Labute approximate surface area is 111 Å². The van der Waals surface area contributed by atoms with E-state index in [-0.39, 0.29) is 10.9 Å². The van der Waals surface area contributed by atoms with Crippen LogP contribution in [0.1, 0.15) is 6.92 Å². The van der Waals surface area contributed by atoms with Crippen molar-refractivity contribution in [2.45, 2.75) is 18.8 Å². The van der Waals surface area contributed by atoms with E-state index in [2.05, 4.69) is 0 Å². The molecule has 0 saturated carbocycles. The van der Waals surface area contributed by atoms with Crippen LogP contribution in [0.15, 0.2) is 16.9 Å². The zero-order valence-corrected chi connectivity index (χ0v) is 11.4. The van der Waals surface area contributed by atoms with Crippen LogP contribution < -0.4 is 5.56 Å². The number of rotatable bonds is 2. The lowest BCUT2D eigenvalue weighted by molar-refractivity contribution is 0.724. The van der Waals surface area contributed by atoms with Gasteiger partial charge < -0.3 is 0 Å². The van der Waals surface area contributed by atoms with Gasteiger partial charge in [-0.1, -0.05) is 34.7 Å². The molecule has 1 aromatic carbocycles. The van der Waals surface area contributed by atoms with E-state index < -0.39 is 0 Å². The lowest BCUT2D eigenvalue weighted by atomic mass is 10.3. The van der Waals surface area contributed by atoms with Crippen LogP contribution in [0.2, 0.25) is 10.0 Å². The highest BCUT2D eigenvalue weighted by Crippen LogP contribution is 2.28. The lowest BCUT2D eigenvalue weighted by Crippen LogP contribution is -2.17. The minimum absolute atomic E-state index is 0.0638. The highest BCUT2D eigenvalue weighted by atomic mass is 35.5. The van der Waals surface area contributed by atoms with Crippen LogP contribution in [0.4, 0.5) is 0 Å². The van der Waals surface area contributed by atoms with Crippen molar-refractivity contribution in [1.29, 1.82) is 0 Å². The predicted molar refractivity (Wildman–Crippen MR) is 71.4 cm³/mol. The zero-order chi connectivity index (χ0) is 11.9. The summed E-state index contributed by atoms with van der Waals surface area (Å²) >= 11 is 19.0. The van der Waals surface area contributed by atoms with Crippen LogP contribution in [0.5, 0.6) is 0 Å². The van der Waals surface area contributed by atoms with E-state index in [1.54, 1.807) is 16.1 Å². The second-order valence-electron chi connectivity index (χ2n) is 3.50. The molecule has 0 aliphatic rings. The fourth-order valence-corrected chi connectivity index (χ4v) is 3.16. The lowest BCUT2D eigenvalue weighted by Gasteiger charge is -2.00. The molecule has 0 spiro atoms. The normalized spacial score (nSPS) is 13.2. The number of benzene rings is 1. The molecule has 1 heterocycles. The van der Waals surface area contributed by atoms with Gasteiger partial charge in [0.25, 0.3) is 5.56 Å². The van der Waals surface area contributed by atoms with E-state index in [0.29, 0.717) is 22.0 Å². The third-order valence-electron chi connectivity index (χ3n) is 2.11. The first-order chi connectivity index (χ1) is 7.49. The highest BCUT2D eigenvalue weighted by Gasteiger charge is 2.11. The average molecular weight is 297 g/mol. The first kappa shape index (κ1) is 12.2. The van der Waals surface area contributed by atoms with Gasteiger partial charge in [-0.2, -0.15) is 0 Å². The molecular weight excluding hydrogens is 289 g/mol. The zero-order valence-electron chi connectivity index (χ0n) is 8.34. The Morgan fingerprint density at radius 1 is 1.38 bits per heavy atom. The Kier molecular flexibility index (Phi) is 3.50. The Morgan fingerprint density at radius 2 is 2.00 bits per heavy atom. The van der Waals surface area contributed by atoms with Crippen molar-refractivity contribution in [2.75, 3.05) is 0 Å². The van der Waals surface area contributed by atoms with Crippen LogP contribution in [-0.4, -0.2) is 9.33 Å². The Bertz CT molecular complexity index is 587. The predicted octanol–water partition coefficient (Wildman–Crippen LogP) is 4.00. The molecule has 86 valence electrons. The second-order valence-corrected chi connectivity index (χ2v) is 6.12. The van der Waals surface area contributed by atoms with Gasteiger partial charge in [0.15, 0.2) is 0 Å². The summed E-state index contributed by atoms with van der Waals surface area (Å²) in [5.74, 6) is 0. The maximum atomic E-state index is 11.9. The largest absolute Gasteiger partial charge is 0.268 e. The summed E-state index contributed by atoms with van der Waals surface area (Å²) < 4.78 is 2.45. The number of fused-ring (bicyclic) bond motifs is 1. The Hall–Kier alpha value is -0.220. The van der Waals surface area contributed by atoms with Gasteiger partial charge in [-0.05, 0) is 19.1 Å². The van der Waals surface area contributed by atoms with Gasteiger partial charge in [0.2, 0.25) is 0 Å². The van der Waals surface area contributed by atoms with Gasteiger partial charge >= 0.3 is 0 Å². The second kappa shape index (κ2) is 4.57. The SMILES string of the molecule is CC(Cl)Cn1sc2cc(Cl)c(Cl)cc2c1=O. The summed E-state index contributed by atoms with van der Waals surface area (Å²) in [5, 5.41) is 1.37. The number of halogens is 3. The van der Waals surface area contributed by atoms with E-state index in [1.165, 1.54) is 11.5 Å². The molecule has 16 heavy (non-hydrogen) atoms. The smallest absolute Gasteiger partial charge is 0.268 e. The summed E-state index contributed by atoms with van der Waals surface area (Å²) in [4.78, 5) is 11.9. The molecule has 0 amide bonds. The summed E-state index contributed by atoms with van der Waals surface area (Å²) in [6, 6.07) is 3.31. The number of alkyl halides is 1. The molecule has 0 bridgehead atoms. The molecular formula is C10H8Cl3NOS. The fraction of sp³-hybridized carbons (Fsp3) is 0.300. The third kappa shape index (κ3) is 2.23.